The third-order valence-electron chi connectivity index (χ3n) is 3.37. The molecule has 6 heteroatoms. The van der Waals surface area contributed by atoms with E-state index < -0.39 is 9.84 Å². The summed E-state index contributed by atoms with van der Waals surface area (Å²) in [7, 11) is -2.90. The van der Waals surface area contributed by atoms with Crippen LogP contribution in [0.2, 0.25) is 5.02 Å². The maximum atomic E-state index is 11.6. The topological polar surface area (TPSA) is 46.2 Å². The summed E-state index contributed by atoms with van der Waals surface area (Å²) in [4.78, 5) is 0. The molecule has 120 valence electrons. The van der Waals surface area contributed by atoms with Crippen LogP contribution in [0.1, 0.15) is 44.7 Å². The van der Waals surface area contributed by atoms with Crippen molar-refractivity contribution in [1.29, 1.82) is 0 Å². The van der Waals surface area contributed by atoms with E-state index in [1.54, 1.807) is 6.92 Å². The average Bonchev–Trinajstić information content (AvgIpc) is 2.43. The van der Waals surface area contributed by atoms with Crippen LogP contribution < -0.4 is 5.32 Å². The molecule has 0 radical (unpaired) electrons. The van der Waals surface area contributed by atoms with Crippen molar-refractivity contribution in [2.45, 2.75) is 39.2 Å². The highest BCUT2D eigenvalue weighted by Crippen LogP contribution is 2.29. The van der Waals surface area contributed by atoms with Crippen LogP contribution in [-0.4, -0.2) is 26.5 Å². The van der Waals surface area contributed by atoms with Crippen molar-refractivity contribution in [2.75, 3.05) is 18.1 Å². The van der Waals surface area contributed by atoms with Crippen LogP contribution in [-0.2, 0) is 9.84 Å². The van der Waals surface area contributed by atoms with Crippen LogP contribution in [0.25, 0.3) is 0 Å². The molecule has 21 heavy (non-hydrogen) atoms. The van der Waals surface area contributed by atoms with E-state index in [-0.39, 0.29) is 17.5 Å². The molecule has 1 unspecified atom stereocenters. The van der Waals surface area contributed by atoms with Crippen molar-refractivity contribution >= 4 is 37.4 Å². The van der Waals surface area contributed by atoms with Crippen molar-refractivity contribution in [2.24, 2.45) is 0 Å². The van der Waals surface area contributed by atoms with Crippen molar-refractivity contribution < 1.29 is 8.42 Å². The van der Waals surface area contributed by atoms with Crippen molar-refractivity contribution in [1.82, 2.24) is 5.32 Å². The van der Waals surface area contributed by atoms with Gasteiger partial charge in [-0.1, -0.05) is 47.4 Å². The second-order valence-corrected chi connectivity index (χ2v) is 8.85. The first-order valence-corrected chi connectivity index (χ1v) is 10.3. The van der Waals surface area contributed by atoms with Gasteiger partial charge in [-0.05, 0) is 43.5 Å². The first kappa shape index (κ1) is 18.9. The predicted molar refractivity (Wildman–Crippen MR) is 93.7 cm³/mol. The minimum atomic E-state index is -2.90. The molecule has 0 heterocycles. The lowest BCUT2D eigenvalue weighted by atomic mass is 10.0. The van der Waals surface area contributed by atoms with Gasteiger partial charge in [-0.3, -0.25) is 0 Å². The molecule has 0 bridgehead atoms. The molecule has 3 nitrogen and oxygen atoms in total. The van der Waals surface area contributed by atoms with Gasteiger partial charge in [0, 0.05) is 21.3 Å². The number of rotatable bonds is 9. The fourth-order valence-electron chi connectivity index (χ4n) is 2.12. The van der Waals surface area contributed by atoms with Crippen LogP contribution in [0.15, 0.2) is 22.7 Å². The summed E-state index contributed by atoms with van der Waals surface area (Å²) in [6, 6.07) is 5.93. The molecule has 1 atom stereocenters. The Balaban J connectivity index is 2.76. The number of nitrogens with one attached hydrogen (secondary N) is 1. The molecule has 0 aliphatic carbocycles. The first-order chi connectivity index (χ1) is 9.89. The maximum Gasteiger partial charge on any atom is 0.150 e. The average molecular weight is 397 g/mol. The Labute approximate surface area is 141 Å². The van der Waals surface area contributed by atoms with E-state index in [1.165, 1.54) is 0 Å². The fraction of sp³-hybridized carbons (Fsp3) is 0.600. The third-order valence-corrected chi connectivity index (χ3v) is 5.98. The minimum Gasteiger partial charge on any atom is -0.310 e. The minimum absolute atomic E-state index is 0.0950. The zero-order valence-electron chi connectivity index (χ0n) is 12.5. The number of benzene rings is 1. The van der Waals surface area contributed by atoms with Gasteiger partial charge in [0.15, 0.2) is 0 Å². The van der Waals surface area contributed by atoms with Gasteiger partial charge in [0.1, 0.15) is 9.84 Å². The van der Waals surface area contributed by atoms with E-state index in [9.17, 15) is 8.42 Å². The van der Waals surface area contributed by atoms with Crippen LogP contribution in [0.3, 0.4) is 0 Å². The van der Waals surface area contributed by atoms with Crippen molar-refractivity contribution in [3.8, 4) is 0 Å². The number of halogens is 2. The largest absolute Gasteiger partial charge is 0.310 e. The molecule has 0 saturated carbocycles. The van der Waals surface area contributed by atoms with E-state index >= 15 is 0 Å². The highest BCUT2D eigenvalue weighted by molar-refractivity contribution is 9.10. The van der Waals surface area contributed by atoms with Gasteiger partial charge in [-0.25, -0.2) is 8.42 Å². The van der Waals surface area contributed by atoms with Crippen LogP contribution in [0.5, 0.6) is 0 Å². The summed E-state index contributed by atoms with van der Waals surface area (Å²) < 4.78 is 24.1. The molecule has 1 N–H and O–H groups in total. The highest BCUT2D eigenvalue weighted by Gasteiger charge is 2.16. The smallest absolute Gasteiger partial charge is 0.150 e. The number of hydrogen-bond donors (Lipinski definition) is 1. The molecule has 0 spiro atoms. The zero-order valence-corrected chi connectivity index (χ0v) is 15.7. The monoisotopic (exact) mass is 395 g/mol. The lowest BCUT2D eigenvalue weighted by Gasteiger charge is -2.20. The Bertz CT molecular complexity index is 549. The zero-order chi connectivity index (χ0) is 15.9. The van der Waals surface area contributed by atoms with Crippen LogP contribution in [0, 0.1) is 0 Å². The van der Waals surface area contributed by atoms with Gasteiger partial charge in [0.05, 0.1) is 5.75 Å². The molecule has 0 amide bonds. The third kappa shape index (κ3) is 6.68. The lowest BCUT2D eigenvalue weighted by Crippen LogP contribution is -2.23. The summed E-state index contributed by atoms with van der Waals surface area (Å²) in [5, 5.41) is 4.16. The molecular formula is C15H23BrClNO2S. The molecule has 0 saturated heterocycles. The predicted octanol–water partition coefficient (Wildman–Crippen LogP) is 4.36. The van der Waals surface area contributed by atoms with E-state index in [0.717, 1.165) is 29.4 Å². The van der Waals surface area contributed by atoms with Gasteiger partial charge in [0.2, 0.25) is 0 Å². The Morgan fingerprint density at radius 2 is 2.05 bits per heavy atom. The van der Waals surface area contributed by atoms with Gasteiger partial charge < -0.3 is 5.32 Å². The molecule has 0 aliphatic heterocycles. The summed E-state index contributed by atoms with van der Waals surface area (Å²) >= 11 is 9.71. The summed E-state index contributed by atoms with van der Waals surface area (Å²) in [6.07, 6.45) is 2.43. The fourth-order valence-corrected chi connectivity index (χ4v) is 3.82. The Morgan fingerprint density at radius 3 is 2.62 bits per heavy atom. The summed E-state index contributed by atoms with van der Waals surface area (Å²) in [5.74, 6) is 0.445. The SMILES string of the molecule is CCCNC(CCCS(=O)(=O)CC)c1ccc(Br)cc1Cl. The van der Waals surface area contributed by atoms with E-state index in [4.69, 9.17) is 11.6 Å². The van der Waals surface area contributed by atoms with Gasteiger partial charge in [-0.2, -0.15) is 0 Å². The van der Waals surface area contributed by atoms with Crippen LogP contribution in [0.4, 0.5) is 0 Å². The molecular weight excluding hydrogens is 374 g/mol. The normalized spacial score (nSPS) is 13.3. The molecule has 1 rings (SSSR count). The molecule has 0 aliphatic rings. The number of sulfone groups is 1. The van der Waals surface area contributed by atoms with E-state index in [2.05, 4.69) is 28.2 Å². The Kier molecular flexibility index (Phi) is 8.24. The molecule has 0 aromatic heterocycles. The second kappa shape index (κ2) is 9.13. The van der Waals surface area contributed by atoms with Gasteiger partial charge in [-0.15, -0.1) is 0 Å². The summed E-state index contributed by atoms with van der Waals surface area (Å²) in [6.45, 7) is 4.68. The van der Waals surface area contributed by atoms with Crippen molar-refractivity contribution in [3.63, 3.8) is 0 Å². The highest BCUT2D eigenvalue weighted by atomic mass is 79.9. The van der Waals surface area contributed by atoms with Crippen LogP contribution >= 0.6 is 27.5 Å². The molecule has 0 fully saturated rings. The standard InChI is InChI=1S/C15H23BrClNO2S/c1-3-9-18-15(6-5-10-21(19,20)4-2)13-8-7-12(16)11-14(13)17/h7-8,11,15,18H,3-6,9-10H2,1-2H3. The van der Waals surface area contributed by atoms with E-state index in [1.807, 2.05) is 18.2 Å². The first-order valence-electron chi connectivity index (χ1n) is 7.28. The Morgan fingerprint density at radius 1 is 1.33 bits per heavy atom. The van der Waals surface area contributed by atoms with Crippen molar-refractivity contribution in [3.05, 3.63) is 33.3 Å². The van der Waals surface area contributed by atoms with E-state index in [0.29, 0.717) is 11.4 Å². The second-order valence-electron chi connectivity index (χ2n) is 5.05. The molecule has 1 aromatic rings. The lowest BCUT2D eigenvalue weighted by molar-refractivity contribution is 0.492. The summed E-state index contributed by atoms with van der Waals surface area (Å²) in [5.41, 5.74) is 1.03. The quantitative estimate of drug-likeness (QED) is 0.674. The van der Waals surface area contributed by atoms with Gasteiger partial charge >= 0.3 is 0 Å². The van der Waals surface area contributed by atoms with Gasteiger partial charge in [0.25, 0.3) is 0 Å². The maximum absolute atomic E-state index is 11.6. The molecule has 1 aromatic carbocycles. The number of hydrogen-bond acceptors (Lipinski definition) is 3. The Hall–Kier alpha value is -0.100.